The number of nitrogens with zero attached hydrogens (tertiary/aromatic N) is 3. The maximum Gasteiger partial charge on any atom is 0.231 e. The number of benzene rings is 2. The predicted octanol–water partition coefficient (Wildman–Crippen LogP) is 3.42. The van der Waals surface area contributed by atoms with Gasteiger partial charge in [0.25, 0.3) is 0 Å². The van der Waals surface area contributed by atoms with Crippen LogP contribution < -0.4 is 9.47 Å². The first-order chi connectivity index (χ1) is 14.6. The Morgan fingerprint density at radius 3 is 2.60 bits per heavy atom. The molecule has 0 aliphatic carbocycles. The number of phenols is 1. The molecule has 1 N–H and O–H groups in total. The monoisotopic (exact) mass is 401 g/mol. The van der Waals surface area contributed by atoms with Crippen molar-refractivity contribution in [3.63, 3.8) is 0 Å². The highest BCUT2D eigenvalue weighted by Crippen LogP contribution is 2.39. The van der Waals surface area contributed by atoms with Crippen molar-refractivity contribution in [2.75, 3.05) is 20.2 Å². The maximum absolute atomic E-state index is 12.7. The quantitative estimate of drug-likeness (QED) is 0.559. The molecule has 0 spiro atoms. The Morgan fingerprint density at radius 1 is 1.17 bits per heavy atom. The summed E-state index contributed by atoms with van der Waals surface area (Å²) in [6.45, 7) is 0.123. The summed E-state index contributed by atoms with van der Waals surface area (Å²) >= 11 is 0. The molecule has 0 saturated heterocycles. The molecular weight excluding hydrogens is 382 g/mol. The molecule has 7 heteroatoms. The number of hydrogen-bond acceptors (Lipinski definition) is 7. The number of para-hydroxylation sites is 1. The number of rotatable bonds is 7. The number of nitriles is 2. The van der Waals surface area contributed by atoms with Gasteiger partial charge in [0.2, 0.25) is 5.78 Å². The van der Waals surface area contributed by atoms with Gasteiger partial charge in [-0.25, -0.2) is 0 Å². The summed E-state index contributed by atoms with van der Waals surface area (Å²) in [6.07, 6.45) is 5.04. The number of allylic oxidation sites excluding steroid dienone is 3. The van der Waals surface area contributed by atoms with Gasteiger partial charge in [-0.3, -0.25) is 9.69 Å². The zero-order chi connectivity index (χ0) is 21.5. The Hall–Kier alpha value is -4.07. The average Bonchev–Trinajstić information content (AvgIpc) is 3.06. The van der Waals surface area contributed by atoms with Crippen LogP contribution in [0.3, 0.4) is 0 Å². The van der Waals surface area contributed by atoms with Crippen molar-refractivity contribution in [3.05, 3.63) is 71.0 Å². The van der Waals surface area contributed by atoms with E-state index < -0.39 is 0 Å². The summed E-state index contributed by atoms with van der Waals surface area (Å²) in [7, 11) is 1.58. The van der Waals surface area contributed by atoms with Gasteiger partial charge < -0.3 is 14.6 Å². The van der Waals surface area contributed by atoms with Gasteiger partial charge in [0.15, 0.2) is 5.76 Å². The highest BCUT2D eigenvalue weighted by Gasteiger charge is 2.31. The van der Waals surface area contributed by atoms with Crippen LogP contribution in [0.1, 0.15) is 21.5 Å². The Morgan fingerprint density at radius 2 is 1.90 bits per heavy atom. The average molecular weight is 401 g/mol. The zero-order valence-electron chi connectivity index (χ0n) is 16.3. The SMILES string of the molecule is COc1ccccc1/C=C/C=C1/Oc2c(ccc(O)c2CN(CC#N)CC#N)C1=O. The minimum Gasteiger partial charge on any atom is -0.507 e. The van der Waals surface area contributed by atoms with E-state index in [9.17, 15) is 9.90 Å². The molecule has 3 rings (SSSR count). The van der Waals surface area contributed by atoms with E-state index in [1.807, 2.05) is 36.4 Å². The number of hydrogen-bond donors (Lipinski definition) is 1. The van der Waals surface area contributed by atoms with E-state index in [1.54, 1.807) is 30.2 Å². The molecular formula is C23H19N3O4. The number of methoxy groups -OCH3 is 1. The lowest BCUT2D eigenvalue weighted by molar-refractivity contribution is 0.101. The molecule has 0 radical (unpaired) electrons. The number of fused-ring (bicyclic) bond motifs is 1. The number of aromatic hydroxyl groups is 1. The lowest BCUT2D eigenvalue weighted by atomic mass is 10.0. The van der Waals surface area contributed by atoms with Gasteiger partial charge in [0, 0.05) is 12.1 Å². The summed E-state index contributed by atoms with van der Waals surface area (Å²) in [4.78, 5) is 14.3. The molecule has 1 aliphatic heterocycles. The van der Waals surface area contributed by atoms with E-state index in [-0.39, 0.29) is 42.7 Å². The van der Waals surface area contributed by atoms with Gasteiger partial charge in [-0.05, 0) is 24.3 Å². The molecule has 150 valence electrons. The van der Waals surface area contributed by atoms with Gasteiger partial charge in [-0.2, -0.15) is 10.5 Å². The van der Waals surface area contributed by atoms with Crippen molar-refractivity contribution >= 4 is 11.9 Å². The van der Waals surface area contributed by atoms with Gasteiger partial charge >= 0.3 is 0 Å². The molecule has 0 bridgehead atoms. The third-order valence-electron chi connectivity index (χ3n) is 4.55. The minimum atomic E-state index is -0.303. The summed E-state index contributed by atoms with van der Waals surface area (Å²) in [5, 5.41) is 28.2. The molecule has 1 heterocycles. The zero-order valence-corrected chi connectivity index (χ0v) is 16.3. The normalized spacial score (nSPS) is 13.9. The molecule has 7 nitrogen and oxygen atoms in total. The molecule has 0 unspecified atom stereocenters. The van der Waals surface area contributed by atoms with Crippen LogP contribution in [-0.2, 0) is 6.54 Å². The van der Waals surface area contributed by atoms with E-state index in [2.05, 4.69) is 0 Å². The third kappa shape index (κ3) is 4.33. The smallest absolute Gasteiger partial charge is 0.231 e. The van der Waals surface area contributed by atoms with Crippen LogP contribution in [0.5, 0.6) is 17.2 Å². The number of ether oxygens (including phenoxy) is 2. The van der Waals surface area contributed by atoms with Crippen molar-refractivity contribution in [1.82, 2.24) is 4.90 Å². The van der Waals surface area contributed by atoms with E-state index >= 15 is 0 Å². The van der Waals surface area contributed by atoms with Crippen LogP contribution in [0.4, 0.5) is 0 Å². The van der Waals surface area contributed by atoms with Crippen LogP contribution in [0.25, 0.3) is 6.08 Å². The van der Waals surface area contributed by atoms with Crippen LogP contribution >= 0.6 is 0 Å². The van der Waals surface area contributed by atoms with Crippen LogP contribution in [0, 0.1) is 22.7 Å². The molecule has 0 amide bonds. The topological polar surface area (TPSA) is 107 Å². The maximum atomic E-state index is 12.7. The molecule has 0 saturated carbocycles. The molecule has 0 aromatic heterocycles. The first kappa shape index (κ1) is 20.7. The number of carbonyl (C=O) groups is 1. The number of carbonyl (C=O) groups excluding carboxylic acids is 1. The summed E-state index contributed by atoms with van der Waals surface area (Å²) in [6, 6.07) is 14.4. The fraction of sp³-hybridized carbons (Fsp3) is 0.174. The molecule has 2 aromatic rings. The second-order valence-corrected chi connectivity index (χ2v) is 6.46. The fourth-order valence-corrected chi connectivity index (χ4v) is 3.10. The van der Waals surface area contributed by atoms with Crippen molar-refractivity contribution < 1.29 is 19.4 Å². The summed E-state index contributed by atoms with van der Waals surface area (Å²) in [5.74, 6) is 0.709. The Balaban J connectivity index is 1.87. The van der Waals surface area contributed by atoms with Crippen molar-refractivity contribution in [2.24, 2.45) is 0 Å². The van der Waals surface area contributed by atoms with Crippen LogP contribution in [0.2, 0.25) is 0 Å². The van der Waals surface area contributed by atoms with Gasteiger partial charge in [0.05, 0.1) is 43.5 Å². The second-order valence-electron chi connectivity index (χ2n) is 6.46. The van der Waals surface area contributed by atoms with E-state index in [4.69, 9.17) is 20.0 Å². The highest BCUT2D eigenvalue weighted by molar-refractivity contribution is 6.12. The van der Waals surface area contributed by atoms with Gasteiger partial charge in [-0.15, -0.1) is 0 Å². The summed E-state index contributed by atoms with van der Waals surface area (Å²) in [5.41, 5.74) is 1.54. The van der Waals surface area contributed by atoms with E-state index in [1.165, 1.54) is 12.1 Å². The van der Waals surface area contributed by atoms with Crippen molar-refractivity contribution in [3.8, 4) is 29.4 Å². The van der Waals surface area contributed by atoms with Gasteiger partial charge in [-0.1, -0.05) is 30.4 Å². The molecule has 0 atom stereocenters. The fourth-order valence-electron chi connectivity index (χ4n) is 3.10. The van der Waals surface area contributed by atoms with Crippen molar-refractivity contribution in [1.29, 1.82) is 10.5 Å². The van der Waals surface area contributed by atoms with E-state index in [0.29, 0.717) is 16.9 Å². The van der Waals surface area contributed by atoms with Crippen LogP contribution in [-0.4, -0.2) is 36.0 Å². The standard InChI is InChI=1S/C23H19N3O4/c1-29-20-7-3-2-5-16(20)6-4-8-21-22(28)17-9-10-19(27)18(23(17)30-21)15-26(13-11-24)14-12-25/h2-10,27H,13-15H2,1H3/b6-4+,21-8+. The molecule has 30 heavy (non-hydrogen) atoms. The van der Waals surface area contributed by atoms with Crippen molar-refractivity contribution in [2.45, 2.75) is 6.54 Å². The Bertz CT molecular complexity index is 1090. The number of Topliss-reactive ketones (excluding diaryl/α,β-unsaturated/α-hetero) is 1. The second kappa shape index (κ2) is 9.42. The number of ketones is 1. The third-order valence-corrected chi connectivity index (χ3v) is 4.55. The first-order valence-electron chi connectivity index (χ1n) is 9.14. The Kier molecular flexibility index (Phi) is 6.49. The summed E-state index contributed by atoms with van der Waals surface area (Å²) < 4.78 is 11.1. The minimum absolute atomic E-state index is 0.00889. The molecule has 2 aromatic carbocycles. The lowest BCUT2D eigenvalue weighted by Gasteiger charge is -2.17. The largest absolute Gasteiger partial charge is 0.507 e. The molecule has 1 aliphatic rings. The molecule has 0 fully saturated rings. The van der Waals surface area contributed by atoms with E-state index in [0.717, 1.165) is 5.56 Å². The highest BCUT2D eigenvalue weighted by atomic mass is 16.5. The van der Waals surface area contributed by atoms with Crippen LogP contribution in [0.15, 0.2) is 54.3 Å². The lowest BCUT2D eigenvalue weighted by Crippen LogP contribution is -2.24. The number of phenolic OH excluding ortho intramolecular Hbond substituents is 1. The Labute approximate surface area is 174 Å². The first-order valence-corrected chi connectivity index (χ1v) is 9.14. The predicted molar refractivity (Wildman–Crippen MR) is 110 cm³/mol. The van der Waals surface area contributed by atoms with Gasteiger partial charge in [0.1, 0.15) is 17.2 Å².